The third-order valence-corrected chi connectivity index (χ3v) is 2.80. The SMILES string of the molecule is C#CC(CCCCC)OC1C=CCCC1. The Morgan fingerprint density at radius 2 is 2.40 bits per heavy atom. The van der Waals surface area contributed by atoms with Gasteiger partial charge in [-0.15, -0.1) is 6.42 Å². The second-order valence-electron chi connectivity index (χ2n) is 4.18. The Morgan fingerprint density at radius 3 is 3.00 bits per heavy atom. The zero-order chi connectivity index (χ0) is 10.9. The number of ether oxygens (including phenoxy) is 1. The number of allylic oxidation sites excluding steroid dienone is 1. The van der Waals surface area contributed by atoms with E-state index in [2.05, 4.69) is 25.0 Å². The van der Waals surface area contributed by atoms with Crippen molar-refractivity contribution < 1.29 is 4.74 Å². The summed E-state index contributed by atoms with van der Waals surface area (Å²) in [6.45, 7) is 2.20. The maximum atomic E-state index is 5.86. The Kier molecular flexibility index (Phi) is 6.20. The largest absolute Gasteiger partial charge is 0.358 e. The molecule has 2 atom stereocenters. The van der Waals surface area contributed by atoms with Crippen LogP contribution in [0.4, 0.5) is 0 Å². The molecule has 15 heavy (non-hydrogen) atoms. The molecule has 0 saturated heterocycles. The van der Waals surface area contributed by atoms with Crippen molar-refractivity contribution in [2.45, 2.75) is 64.1 Å². The minimum absolute atomic E-state index is 0.0179. The lowest BCUT2D eigenvalue weighted by molar-refractivity contribution is 0.0332. The van der Waals surface area contributed by atoms with Gasteiger partial charge in [-0.2, -0.15) is 0 Å². The van der Waals surface area contributed by atoms with Crippen LogP contribution in [-0.2, 0) is 4.74 Å². The number of hydrogen-bond acceptors (Lipinski definition) is 1. The van der Waals surface area contributed by atoms with Gasteiger partial charge in [0.25, 0.3) is 0 Å². The van der Waals surface area contributed by atoms with Crippen LogP contribution in [0.1, 0.15) is 51.9 Å². The number of hydrogen-bond donors (Lipinski definition) is 0. The predicted octanol–water partition coefficient (Wildman–Crippen LogP) is 3.69. The molecule has 1 aliphatic carbocycles. The Bertz CT molecular complexity index is 224. The maximum Gasteiger partial charge on any atom is 0.118 e. The normalized spacial score (nSPS) is 22.3. The first-order valence-corrected chi connectivity index (χ1v) is 6.15. The minimum Gasteiger partial charge on any atom is -0.358 e. The third-order valence-electron chi connectivity index (χ3n) is 2.80. The molecule has 0 radical (unpaired) electrons. The van der Waals surface area contributed by atoms with E-state index in [1.54, 1.807) is 0 Å². The molecule has 0 aromatic heterocycles. The molecule has 1 heteroatoms. The molecule has 0 aromatic carbocycles. The third kappa shape index (κ3) is 5.04. The van der Waals surface area contributed by atoms with Crippen molar-refractivity contribution in [2.24, 2.45) is 0 Å². The molecule has 0 amide bonds. The summed E-state index contributed by atoms with van der Waals surface area (Å²) in [6.07, 6.45) is 18.3. The van der Waals surface area contributed by atoms with Gasteiger partial charge in [-0.1, -0.05) is 37.8 Å². The van der Waals surface area contributed by atoms with E-state index in [0.29, 0.717) is 0 Å². The summed E-state index contributed by atoms with van der Waals surface area (Å²) >= 11 is 0. The standard InChI is InChI=1S/C14H22O/c1-3-5-7-10-13(4-2)15-14-11-8-6-9-12-14/h2,8,11,13-14H,3,5-7,9-10,12H2,1H3. The fourth-order valence-corrected chi connectivity index (χ4v) is 1.88. The van der Waals surface area contributed by atoms with Crippen LogP contribution in [0.3, 0.4) is 0 Å². The molecule has 84 valence electrons. The molecule has 1 rings (SSSR count). The number of terminal acetylenes is 1. The Morgan fingerprint density at radius 1 is 1.53 bits per heavy atom. The summed E-state index contributed by atoms with van der Waals surface area (Å²) in [5, 5.41) is 0. The highest BCUT2D eigenvalue weighted by molar-refractivity contribution is 4.99. The second-order valence-corrected chi connectivity index (χ2v) is 4.18. The van der Waals surface area contributed by atoms with E-state index in [4.69, 9.17) is 11.2 Å². The smallest absolute Gasteiger partial charge is 0.118 e. The molecule has 1 aliphatic rings. The summed E-state index contributed by atoms with van der Waals surface area (Å²) in [4.78, 5) is 0. The highest BCUT2D eigenvalue weighted by Crippen LogP contribution is 2.17. The number of unbranched alkanes of at least 4 members (excludes halogenated alkanes) is 2. The topological polar surface area (TPSA) is 9.23 Å². The van der Waals surface area contributed by atoms with Crippen LogP contribution in [0.5, 0.6) is 0 Å². The van der Waals surface area contributed by atoms with Crippen LogP contribution < -0.4 is 0 Å². The molecule has 0 heterocycles. The molecule has 2 unspecified atom stereocenters. The van der Waals surface area contributed by atoms with Crippen LogP contribution in [0.25, 0.3) is 0 Å². The first-order chi connectivity index (χ1) is 7.36. The maximum absolute atomic E-state index is 5.86. The molecule has 0 spiro atoms. The van der Waals surface area contributed by atoms with Crippen molar-refractivity contribution in [3.63, 3.8) is 0 Å². The van der Waals surface area contributed by atoms with Crippen LogP contribution >= 0.6 is 0 Å². The second kappa shape index (κ2) is 7.54. The van der Waals surface area contributed by atoms with Crippen molar-refractivity contribution in [2.75, 3.05) is 0 Å². The van der Waals surface area contributed by atoms with Gasteiger partial charge in [0.1, 0.15) is 6.10 Å². The lowest BCUT2D eigenvalue weighted by atomic mass is 10.0. The van der Waals surface area contributed by atoms with Crippen LogP contribution in [0, 0.1) is 12.3 Å². The van der Waals surface area contributed by atoms with E-state index in [0.717, 1.165) is 12.8 Å². The molecule has 1 nitrogen and oxygen atoms in total. The Balaban J connectivity index is 2.23. The average Bonchev–Trinajstić information content (AvgIpc) is 2.29. The lowest BCUT2D eigenvalue weighted by Crippen LogP contribution is -2.20. The van der Waals surface area contributed by atoms with Crippen LogP contribution in [0.2, 0.25) is 0 Å². The summed E-state index contributed by atoms with van der Waals surface area (Å²) in [6, 6.07) is 0. The molecular weight excluding hydrogens is 184 g/mol. The van der Waals surface area contributed by atoms with Gasteiger partial charge in [0.15, 0.2) is 0 Å². The molecule has 0 aromatic rings. The van der Waals surface area contributed by atoms with Crippen molar-refractivity contribution >= 4 is 0 Å². The molecule has 0 saturated carbocycles. The number of rotatable bonds is 6. The summed E-state index contributed by atoms with van der Waals surface area (Å²) < 4.78 is 5.86. The van der Waals surface area contributed by atoms with Gasteiger partial charge in [-0.25, -0.2) is 0 Å². The van der Waals surface area contributed by atoms with Crippen molar-refractivity contribution in [1.29, 1.82) is 0 Å². The zero-order valence-electron chi connectivity index (χ0n) is 9.74. The Labute approximate surface area is 93.9 Å². The van der Waals surface area contributed by atoms with Crippen molar-refractivity contribution in [1.82, 2.24) is 0 Å². The average molecular weight is 206 g/mol. The van der Waals surface area contributed by atoms with Gasteiger partial charge in [0, 0.05) is 0 Å². The first-order valence-electron chi connectivity index (χ1n) is 6.15. The van der Waals surface area contributed by atoms with Gasteiger partial charge in [0.05, 0.1) is 6.10 Å². The lowest BCUT2D eigenvalue weighted by Gasteiger charge is -2.21. The minimum atomic E-state index is 0.0179. The van der Waals surface area contributed by atoms with Gasteiger partial charge in [0.2, 0.25) is 0 Å². The van der Waals surface area contributed by atoms with E-state index >= 15 is 0 Å². The Hall–Kier alpha value is -0.740. The van der Waals surface area contributed by atoms with Crippen molar-refractivity contribution in [3.8, 4) is 12.3 Å². The van der Waals surface area contributed by atoms with Crippen LogP contribution in [-0.4, -0.2) is 12.2 Å². The first kappa shape index (κ1) is 12.3. The molecule has 0 aliphatic heterocycles. The van der Waals surface area contributed by atoms with Crippen molar-refractivity contribution in [3.05, 3.63) is 12.2 Å². The summed E-state index contributed by atoms with van der Waals surface area (Å²) in [7, 11) is 0. The molecule has 0 fully saturated rings. The fraction of sp³-hybridized carbons (Fsp3) is 0.714. The van der Waals surface area contributed by atoms with Gasteiger partial charge in [-0.3, -0.25) is 0 Å². The van der Waals surface area contributed by atoms with E-state index in [9.17, 15) is 0 Å². The molecular formula is C14H22O. The fourth-order valence-electron chi connectivity index (χ4n) is 1.88. The van der Waals surface area contributed by atoms with Gasteiger partial charge in [-0.05, 0) is 32.1 Å². The quantitative estimate of drug-likeness (QED) is 0.366. The predicted molar refractivity (Wildman–Crippen MR) is 64.6 cm³/mol. The summed E-state index contributed by atoms with van der Waals surface area (Å²) in [5.74, 6) is 2.75. The van der Waals surface area contributed by atoms with E-state index in [1.165, 1.54) is 32.1 Å². The summed E-state index contributed by atoms with van der Waals surface area (Å²) in [5.41, 5.74) is 0. The highest BCUT2D eigenvalue weighted by Gasteiger charge is 2.13. The van der Waals surface area contributed by atoms with Gasteiger partial charge < -0.3 is 4.74 Å². The van der Waals surface area contributed by atoms with Crippen LogP contribution in [0.15, 0.2) is 12.2 Å². The monoisotopic (exact) mass is 206 g/mol. The van der Waals surface area contributed by atoms with E-state index < -0.39 is 0 Å². The highest BCUT2D eigenvalue weighted by atomic mass is 16.5. The van der Waals surface area contributed by atoms with E-state index in [-0.39, 0.29) is 12.2 Å². The van der Waals surface area contributed by atoms with E-state index in [1.807, 2.05) is 0 Å². The molecule has 0 N–H and O–H groups in total. The van der Waals surface area contributed by atoms with Gasteiger partial charge >= 0.3 is 0 Å². The zero-order valence-corrected chi connectivity index (χ0v) is 9.74. The molecule has 0 bridgehead atoms.